The molecule has 0 aromatic heterocycles. The zero-order chi connectivity index (χ0) is 14.5. The molecule has 0 aliphatic heterocycles. The average Bonchev–Trinajstić information content (AvgIpc) is 2.42. The van der Waals surface area contributed by atoms with Crippen molar-refractivity contribution in [2.75, 3.05) is 6.54 Å². The SMILES string of the molecule is CC1CCCC(CCNC(=O)c2ccc(Cl)c(Br)c2)C1. The molecule has 0 bridgehead atoms. The van der Waals surface area contributed by atoms with Crippen molar-refractivity contribution in [2.24, 2.45) is 11.8 Å². The summed E-state index contributed by atoms with van der Waals surface area (Å²) in [5.74, 6) is 1.60. The van der Waals surface area contributed by atoms with Gasteiger partial charge in [-0.15, -0.1) is 0 Å². The maximum absolute atomic E-state index is 12.0. The Morgan fingerprint density at radius 3 is 2.95 bits per heavy atom. The normalized spacial score (nSPS) is 22.6. The van der Waals surface area contributed by atoms with E-state index in [1.807, 2.05) is 0 Å². The molecule has 1 aliphatic rings. The lowest BCUT2D eigenvalue weighted by Crippen LogP contribution is -2.27. The first-order valence-electron chi connectivity index (χ1n) is 7.29. The van der Waals surface area contributed by atoms with E-state index in [4.69, 9.17) is 11.6 Å². The Kier molecular flexibility index (Phi) is 5.91. The standard InChI is InChI=1S/C16H21BrClNO/c1-11-3-2-4-12(9-11)7-8-19-16(20)13-5-6-15(18)14(17)10-13/h5-6,10-12H,2-4,7-9H2,1H3,(H,19,20). The quantitative estimate of drug-likeness (QED) is 0.802. The van der Waals surface area contributed by atoms with Crippen LogP contribution in [-0.2, 0) is 0 Å². The molecular formula is C16H21BrClNO. The number of nitrogens with one attached hydrogen (secondary N) is 1. The number of hydrogen-bond donors (Lipinski definition) is 1. The Labute approximate surface area is 134 Å². The van der Waals surface area contributed by atoms with Crippen molar-refractivity contribution in [3.05, 3.63) is 33.3 Å². The molecule has 1 fully saturated rings. The van der Waals surface area contributed by atoms with Crippen LogP contribution in [0.1, 0.15) is 49.4 Å². The molecule has 2 rings (SSSR count). The molecule has 0 heterocycles. The lowest BCUT2D eigenvalue weighted by Gasteiger charge is -2.26. The molecule has 2 unspecified atom stereocenters. The van der Waals surface area contributed by atoms with Crippen LogP contribution < -0.4 is 5.32 Å². The van der Waals surface area contributed by atoms with Gasteiger partial charge in [0, 0.05) is 16.6 Å². The summed E-state index contributed by atoms with van der Waals surface area (Å²) in [6, 6.07) is 5.26. The number of benzene rings is 1. The van der Waals surface area contributed by atoms with Crippen LogP contribution in [0.4, 0.5) is 0 Å². The van der Waals surface area contributed by atoms with Crippen molar-refractivity contribution in [2.45, 2.75) is 39.0 Å². The van der Waals surface area contributed by atoms with Crippen LogP contribution in [0, 0.1) is 11.8 Å². The highest BCUT2D eigenvalue weighted by Crippen LogP contribution is 2.30. The van der Waals surface area contributed by atoms with Crippen LogP contribution in [0.15, 0.2) is 22.7 Å². The van der Waals surface area contributed by atoms with Crippen LogP contribution in [0.2, 0.25) is 5.02 Å². The van der Waals surface area contributed by atoms with Crippen molar-refractivity contribution in [3.63, 3.8) is 0 Å². The molecule has 0 spiro atoms. The van der Waals surface area contributed by atoms with E-state index in [1.54, 1.807) is 18.2 Å². The van der Waals surface area contributed by atoms with Crippen LogP contribution in [0.3, 0.4) is 0 Å². The Morgan fingerprint density at radius 1 is 1.45 bits per heavy atom. The van der Waals surface area contributed by atoms with Crippen molar-refractivity contribution in [3.8, 4) is 0 Å². The van der Waals surface area contributed by atoms with E-state index in [2.05, 4.69) is 28.2 Å². The molecule has 2 nitrogen and oxygen atoms in total. The maximum Gasteiger partial charge on any atom is 0.251 e. The summed E-state index contributed by atoms with van der Waals surface area (Å²) in [5.41, 5.74) is 0.651. The van der Waals surface area contributed by atoms with E-state index in [9.17, 15) is 4.79 Å². The van der Waals surface area contributed by atoms with Gasteiger partial charge in [-0.1, -0.05) is 37.8 Å². The molecule has 2 atom stereocenters. The summed E-state index contributed by atoms with van der Waals surface area (Å²) < 4.78 is 0.757. The van der Waals surface area contributed by atoms with Crippen LogP contribution in [-0.4, -0.2) is 12.5 Å². The highest BCUT2D eigenvalue weighted by molar-refractivity contribution is 9.10. The van der Waals surface area contributed by atoms with Gasteiger partial charge in [-0.25, -0.2) is 0 Å². The van der Waals surface area contributed by atoms with Gasteiger partial charge in [0.15, 0.2) is 0 Å². The molecule has 1 N–H and O–H groups in total. The van der Waals surface area contributed by atoms with E-state index in [-0.39, 0.29) is 5.91 Å². The lowest BCUT2D eigenvalue weighted by molar-refractivity contribution is 0.0949. The highest BCUT2D eigenvalue weighted by atomic mass is 79.9. The molecule has 1 aromatic rings. The highest BCUT2D eigenvalue weighted by Gasteiger charge is 2.18. The minimum Gasteiger partial charge on any atom is -0.352 e. The molecule has 110 valence electrons. The van der Waals surface area contributed by atoms with Gasteiger partial charge in [0.2, 0.25) is 0 Å². The first-order valence-corrected chi connectivity index (χ1v) is 8.46. The van der Waals surface area contributed by atoms with Gasteiger partial charge in [-0.3, -0.25) is 4.79 Å². The fourth-order valence-electron chi connectivity index (χ4n) is 2.95. The van der Waals surface area contributed by atoms with Crippen molar-refractivity contribution in [1.82, 2.24) is 5.32 Å². The summed E-state index contributed by atoms with van der Waals surface area (Å²) in [5, 5.41) is 3.63. The van der Waals surface area contributed by atoms with E-state index in [0.717, 1.165) is 29.3 Å². The molecular weight excluding hydrogens is 338 g/mol. The monoisotopic (exact) mass is 357 g/mol. The third-order valence-electron chi connectivity index (χ3n) is 4.06. The number of hydrogen-bond acceptors (Lipinski definition) is 1. The predicted molar refractivity (Wildman–Crippen MR) is 87.2 cm³/mol. The second-order valence-electron chi connectivity index (χ2n) is 5.81. The van der Waals surface area contributed by atoms with Gasteiger partial charge >= 0.3 is 0 Å². The molecule has 4 heteroatoms. The first-order chi connectivity index (χ1) is 9.56. The summed E-state index contributed by atoms with van der Waals surface area (Å²) >= 11 is 9.27. The van der Waals surface area contributed by atoms with Gasteiger partial charge in [0.05, 0.1) is 5.02 Å². The Hall–Kier alpha value is -0.540. The summed E-state index contributed by atoms with van der Waals surface area (Å²) in [7, 11) is 0. The van der Waals surface area contributed by atoms with E-state index >= 15 is 0 Å². The van der Waals surface area contributed by atoms with Crippen LogP contribution in [0.25, 0.3) is 0 Å². The number of amides is 1. The summed E-state index contributed by atoms with van der Waals surface area (Å²) in [4.78, 5) is 12.0. The fraction of sp³-hybridized carbons (Fsp3) is 0.562. The molecule has 20 heavy (non-hydrogen) atoms. The second-order valence-corrected chi connectivity index (χ2v) is 7.07. The number of carbonyl (C=O) groups excluding carboxylic acids is 1. The van der Waals surface area contributed by atoms with Gasteiger partial charge in [-0.05, 0) is 58.8 Å². The van der Waals surface area contributed by atoms with Crippen molar-refractivity contribution in [1.29, 1.82) is 0 Å². The van der Waals surface area contributed by atoms with Gasteiger partial charge < -0.3 is 5.32 Å². The smallest absolute Gasteiger partial charge is 0.251 e. The molecule has 1 amide bonds. The van der Waals surface area contributed by atoms with Crippen molar-refractivity contribution < 1.29 is 4.79 Å². The number of rotatable bonds is 4. The van der Waals surface area contributed by atoms with Gasteiger partial charge in [-0.2, -0.15) is 0 Å². The topological polar surface area (TPSA) is 29.1 Å². The van der Waals surface area contributed by atoms with E-state index in [1.165, 1.54) is 25.7 Å². The Bertz CT molecular complexity index is 478. The molecule has 1 aromatic carbocycles. The zero-order valence-corrected chi connectivity index (χ0v) is 14.1. The fourth-order valence-corrected chi connectivity index (χ4v) is 3.45. The number of halogens is 2. The molecule has 0 saturated heterocycles. The minimum atomic E-state index is -0.0220. The lowest BCUT2D eigenvalue weighted by atomic mass is 9.81. The second kappa shape index (κ2) is 7.46. The molecule has 1 aliphatic carbocycles. The van der Waals surface area contributed by atoms with Gasteiger partial charge in [0.1, 0.15) is 0 Å². The zero-order valence-electron chi connectivity index (χ0n) is 11.8. The predicted octanol–water partition coefficient (Wildman–Crippen LogP) is 5.05. The summed E-state index contributed by atoms with van der Waals surface area (Å²) in [6.45, 7) is 3.09. The van der Waals surface area contributed by atoms with Crippen molar-refractivity contribution >= 4 is 33.4 Å². The number of carbonyl (C=O) groups is 1. The summed E-state index contributed by atoms with van der Waals surface area (Å²) in [6.07, 6.45) is 6.41. The molecule has 0 radical (unpaired) electrons. The minimum absolute atomic E-state index is 0.0220. The van der Waals surface area contributed by atoms with E-state index < -0.39 is 0 Å². The Morgan fingerprint density at radius 2 is 2.25 bits per heavy atom. The largest absolute Gasteiger partial charge is 0.352 e. The molecule has 1 saturated carbocycles. The van der Waals surface area contributed by atoms with Crippen LogP contribution >= 0.6 is 27.5 Å². The average molecular weight is 359 g/mol. The third-order valence-corrected chi connectivity index (χ3v) is 5.28. The van der Waals surface area contributed by atoms with Gasteiger partial charge in [0.25, 0.3) is 5.91 Å². The third kappa shape index (κ3) is 4.49. The maximum atomic E-state index is 12.0. The first kappa shape index (κ1) is 15.8. The van der Waals surface area contributed by atoms with Crippen LogP contribution in [0.5, 0.6) is 0 Å². The van der Waals surface area contributed by atoms with E-state index in [0.29, 0.717) is 10.6 Å². The Balaban J connectivity index is 1.78.